The maximum absolute atomic E-state index is 6.72. The van der Waals surface area contributed by atoms with Crippen molar-refractivity contribution in [1.82, 2.24) is 0 Å². The van der Waals surface area contributed by atoms with Crippen LogP contribution in [-0.4, -0.2) is 0 Å². The zero-order chi connectivity index (χ0) is 42.2. The summed E-state index contributed by atoms with van der Waals surface area (Å²) < 4.78 is 13.4. The Kier molecular flexibility index (Phi) is 8.94. The molecule has 11 rings (SSSR count). The molecule has 11 aromatic rings. The Bertz CT molecular complexity index is 3300. The summed E-state index contributed by atoms with van der Waals surface area (Å²) >= 11 is 0. The third kappa shape index (κ3) is 6.12. The van der Waals surface area contributed by atoms with Crippen LogP contribution in [-0.2, 0) is 0 Å². The van der Waals surface area contributed by atoms with Gasteiger partial charge in [-0.2, -0.15) is 0 Å². The van der Waals surface area contributed by atoms with E-state index < -0.39 is 0 Å². The van der Waals surface area contributed by atoms with E-state index in [9.17, 15) is 0 Å². The first kappa shape index (κ1) is 37.7. The third-order valence-electron chi connectivity index (χ3n) is 12.8. The number of fused-ring (bicyclic) bond motifs is 9. The van der Waals surface area contributed by atoms with Crippen LogP contribution in [0.2, 0.25) is 0 Å². The maximum atomic E-state index is 6.72. The largest absolute Gasteiger partial charge is 0.456 e. The Labute approximate surface area is 362 Å². The molecule has 0 atom stereocenters. The van der Waals surface area contributed by atoms with Crippen LogP contribution >= 0.6 is 0 Å². The summed E-state index contributed by atoms with van der Waals surface area (Å²) in [5, 5.41) is 8.91. The van der Waals surface area contributed by atoms with Crippen molar-refractivity contribution in [1.29, 1.82) is 0 Å². The summed E-state index contributed by atoms with van der Waals surface area (Å²) in [5.74, 6) is 0.735. The van der Waals surface area contributed by atoms with Crippen molar-refractivity contribution < 1.29 is 8.83 Å². The Morgan fingerprint density at radius 3 is 1.15 bits per heavy atom. The number of furan rings is 2. The summed E-state index contributed by atoms with van der Waals surface area (Å²) in [4.78, 5) is 4.82. The summed E-state index contributed by atoms with van der Waals surface area (Å²) in [6, 6.07) is 61.6. The monoisotopic (exact) mass is 804 g/mol. The molecular formula is C58H48N2O2. The standard InChI is InChI=1S/C58H48N2O2/c1-35(2)45-17-9-13-21-51(45)59(49-19-11-7-15-37(49)5)43-25-23-39-31-47-55(33-41(39)29-43)61-53-27-28-54-58(57(47)53)48-32-40-24-26-44(30-42(40)34-56(48)62-54)60(50-20-12-8-16-38(50)6)52-22-14-10-18-46(52)36(3)4/h7-36H,1-6H3. The first-order chi connectivity index (χ1) is 30.2. The molecule has 0 radical (unpaired) electrons. The fraction of sp³-hybridized carbons (Fsp3) is 0.138. The summed E-state index contributed by atoms with van der Waals surface area (Å²) in [5.41, 5.74) is 15.4. The second-order valence-corrected chi connectivity index (χ2v) is 17.4. The highest BCUT2D eigenvalue weighted by Gasteiger charge is 2.23. The minimum Gasteiger partial charge on any atom is -0.456 e. The molecule has 4 nitrogen and oxygen atoms in total. The molecule has 4 heteroatoms. The minimum absolute atomic E-state index is 0.367. The number of hydrogen-bond donors (Lipinski definition) is 0. The number of benzene rings is 9. The number of para-hydroxylation sites is 4. The molecular weight excluding hydrogens is 757 g/mol. The molecule has 9 aromatic carbocycles. The van der Waals surface area contributed by atoms with E-state index in [0.29, 0.717) is 11.8 Å². The predicted octanol–water partition coefficient (Wildman–Crippen LogP) is 17.6. The molecule has 0 saturated heterocycles. The lowest BCUT2D eigenvalue weighted by atomic mass is 9.98. The van der Waals surface area contributed by atoms with Gasteiger partial charge in [0.25, 0.3) is 0 Å². The van der Waals surface area contributed by atoms with Gasteiger partial charge < -0.3 is 18.6 Å². The Morgan fingerprint density at radius 1 is 0.355 bits per heavy atom. The zero-order valence-electron chi connectivity index (χ0n) is 36.0. The van der Waals surface area contributed by atoms with Crippen molar-refractivity contribution >= 4 is 99.5 Å². The van der Waals surface area contributed by atoms with Crippen molar-refractivity contribution in [3.63, 3.8) is 0 Å². The van der Waals surface area contributed by atoms with E-state index in [2.05, 4.69) is 221 Å². The van der Waals surface area contributed by atoms with Crippen LogP contribution in [0.4, 0.5) is 34.1 Å². The molecule has 0 aliphatic carbocycles. The van der Waals surface area contributed by atoms with Crippen molar-refractivity contribution in [2.24, 2.45) is 0 Å². The molecule has 0 fully saturated rings. The summed E-state index contributed by atoms with van der Waals surface area (Å²) in [7, 11) is 0. The van der Waals surface area contributed by atoms with Gasteiger partial charge in [-0.3, -0.25) is 0 Å². The second-order valence-electron chi connectivity index (χ2n) is 17.4. The fourth-order valence-electron chi connectivity index (χ4n) is 9.68. The number of rotatable bonds is 8. The minimum atomic E-state index is 0.367. The zero-order valence-corrected chi connectivity index (χ0v) is 36.0. The highest BCUT2D eigenvalue weighted by Crippen LogP contribution is 2.46. The molecule has 2 aromatic heterocycles. The summed E-state index contributed by atoms with van der Waals surface area (Å²) in [6.45, 7) is 13.4. The van der Waals surface area contributed by atoms with Crippen LogP contribution < -0.4 is 9.80 Å². The van der Waals surface area contributed by atoms with Gasteiger partial charge >= 0.3 is 0 Å². The predicted molar refractivity (Wildman–Crippen MR) is 263 cm³/mol. The second kappa shape index (κ2) is 14.7. The highest BCUT2D eigenvalue weighted by molar-refractivity contribution is 6.28. The van der Waals surface area contributed by atoms with Gasteiger partial charge in [-0.05, 0) is 154 Å². The molecule has 0 saturated carbocycles. The molecule has 0 aliphatic heterocycles. The lowest BCUT2D eigenvalue weighted by Crippen LogP contribution is -2.13. The molecule has 0 spiro atoms. The topological polar surface area (TPSA) is 32.8 Å². The van der Waals surface area contributed by atoms with E-state index in [0.717, 1.165) is 76.8 Å². The number of nitrogens with zero attached hydrogens (tertiary/aromatic N) is 2. The Hall–Kier alpha value is -7.30. The van der Waals surface area contributed by atoms with Crippen molar-refractivity contribution in [3.05, 3.63) is 192 Å². The highest BCUT2D eigenvalue weighted by atomic mass is 16.3. The van der Waals surface area contributed by atoms with Crippen LogP contribution in [0.1, 0.15) is 61.8 Å². The van der Waals surface area contributed by atoms with Crippen LogP contribution in [0.3, 0.4) is 0 Å². The molecule has 62 heavy (non-hydrogen) atoms. The lowest BCUT2D eigenvalue weighted by Gasteiger charge is -2.30. The van der Waals surface area contributed by atoms with Gasteiger partial charge in [-0.15, -0.1) is 0 Å². The smallest absolute Gasteiger partial charge is 0.136 e. The quantitative estimate of drug-likeness (QED) is 0.153. The lowest BCUT2D eigenvalue weighted by molar-refractivity contribution is 0.663. The van der Waals surface area contributed by atoms with Crippen LogP contribution in [0, 0.1) is 13.8 Å². The van der Waals surface area contributed by atoms with Gasteiger partial charge in [0, 0.05) is 55.7 Å². The first-order valence-corrected chi connectivity index (χ1v) is 21.8. The fourth-order valence-corrected chi connectivity index (χ4v) is 9.68. The van der Waals surface area contributed by atoms with Crippen molar-refractivity contribution in [2.75, 3.05) is 9.80 Å². The molecule has 2 heterocycles. The van der Waals surface area contributed by atoms with Gasteiger partial charge in [0.1, 0.15) is 22.3 Å². The van der Waals surface area contributed by atoms with Crippen LogP contribution in [0.25, 0.3) is 65.4 Å². The van der Waals surface area contributed by atoms with Gasteiger partial charge in [0.15, 0.2) is 0 Å². The molecule has 0 unspecified atom stereocenters. The van der Waals surface area contributed by atoms with Gasteiger partial charge in [-0.1, -0.05) is 113 Å². The van der Waals surface area contributed by atoms with E-state index in [4.69, 9.17) is 8.83 Å². The normalized spacial score (nSPS) is 12.0. The molecule has 0 N–H and O–H groups in total. The van der Waals surface area contributed by atoms with Gasteiger partial charge in [-0.25, -0.2) is 0 Å². The average molecular weight is 805 g/mol. The van der Waals surface area contributed by atoms with Crippen LogP contribution in [0.5, 0.6) is 0 Å². The van der Waals surface area contributed by atoms with Crippen LogP contribution in [0.15, 0.2) is 179 Å². The van der Waals surface area contributed by atoms with E-state index in [1.54, 1.807) is 0 Å². The Balaban J connectivity index is 1.06. The maximum Gasteiger partial charge on any atom is 0.136 e. The Morgan fingerprint density at radius 2 is 0.742 bits per heavy atom. The molecule has 0 amide bonds. The van der Waals surface area contributed by atoms with Crippen molar-refractivity contribution in [3.8, 4) is 0 Å². The number of hydrogen-bond acceptors (Lipinski definition) is 4. The number of aryl methyl sites for hydroxylation is 2. The summed E-state index contributed by atoms with van der Waals surface area (Å²) in [6.07, 6.45) is 0. The SMILES string of the molecule is Cc1ccccc1N(c1ccc2cc3c(cc2c1)oc1ccc2oc4cc5cc(N(c6ccccc6C)c6ccccc6C(C)C)ccc5cc4c2c13)c1ccccc1C(C)C. The van der Waals surface area contributed by atoms with E-state index in [1.807, 2.05) is 0 Å². The number of anilines is 6. The average Bonchev–Trinajstić information content (AvgIpc) is 3.83. The van der Waals surface area contributed by atoms with E-state index in [1.165, 1.54) is 45.0 Å². The first-order valence-electron chi connectivity index (χ1n) is 21.8. The molecule has 0 bridgehead atoms. The van der Waals surface area contributed by atoms with E-state index in [-0.39, 0.29) is 0 Å². The van der Waals surface area contributed by atoms with E-state index >= 15 is 0 Å². The third-order valence-corrected chi connectivity index (χ3v) is 12.8. The molecule has 302 valence electrons. The van der Waals surface area contributed by atoms with Gasteiger partial charge in [0.05, 0.1) is 0 Å². The van der Waals surface area contributed by atoms with Crippen molar-refractivity contribution in [2.45, 2.75) is 53.4 Å². The molecule has 0 aliphatic rings. The van der Waals surface area contributed by atoms with Gasteiger partial charge in [0.2, 0.25) is 0 Å².